The van der Waals surface area contributed by atoms with Crippen LogP contribution >= 0.6 is 0 Å². The molecule has 0 aliphatic carbocycles. The van der Waals surface area contributed by atoms with Crippen LogP contribution < -0.4 is 20.1 Å². The van der Waals surface area contributed by atoms with Crippen LogP contribution in [0.25, 0.3) is 0 Å². The molecule has 2 amide bonds. The van der Waals surface area contributed by atoms with E-state index < -0.39 is 11.8 Å². The summed E-state index contributed by atoms with van der Waals surface area (Å²) in [6, 6.07) is 12.9. The van der Waals surface area contributed by atoms with Crippen LogP contribution in [0.1, 0.15) is 11.1 Å². The summed E-state index contributed by atoms with van der Waals surface area (Å²) in [6.45, 7) is 4.57. The van der Waals surface area contributed by atoms with Gasteiger partial charge in [-0.3, -0.25) is 14.5 Å². The van der Waals surface area contributed by atoms with Crippen LogP contribution in [0.2, 0.25) is 0 Å². The largest absolute Gasteiger partial charge is 0.493 e. The molecule has 8 nitrogen and oxygen atoms in total. The molecule has 8 heteroatoms. The molecule has 0 atom stereocenters. The van der Waals surface area contributed by atoms with Gasteiger partial charge in [-0.1, -0.05) is 24.3 Å². The average Bonchev–Trinajstić information content (AvgIpc) is 2.79. The molecule has 2 aromatic carbocycles. The number of hydrogen-bond donors (Lipinski definition) is 2. The molecule has 30 heavy (non-hydrogen) atoms. The van der Waals surface area contributed by atoms with E-state index in [1.807, 2.05) is 24.3 Å². The summed E-state index contributed by atoms with van der Waals surface area (Å²) in [5.74, 6) is -0.446. The van der Waals surface area contributed by atoms with Gasteiger partial charge in [0.05, 0.1) is 27.4 Å². The maximum atomic E-state index is 12.2. The maximum absolute atomic E-state index is 12.2. The van der Waals surface area contributed by atoms with Gasteiger partial charge >= 0.3 is 11.8 Å². The van der Waals surface area contributed by atoms with Gasteiger partial charge in [0.15, 0.2) is 11.5 Å². The molecule has 1 saturated heterocycles. The molecular formula is C22H27N3O5. The van der Waals surface area contributed by atoms with Crippen molar-refractivity contribution in [1.29, 1.82) is 0 Å². The number of ether oxygens (including phenoxy) is 3. The summed E-state index contributed by atoms with van der Waals surface area (Å²) in [7, 11) is 3.03. The SMILES string of the molecule is COc1ccc(NC(=O)C(=O)NCc2ccc(CN3CCOCC3)cc2)cc1OC. The van der Waals surface area contributed by atoms with Crippen LogP contribution in [0.3, 0.4) is 0 Å². The van der Waals surface area contributed by atoms with Gasteiger partial charge in [0, 0.05) is 37.9 Å². The van der Waals surface area contributed by atoms with E-state index in [2.05, 4.69) is 15.5 Å². The number of benzene rings is 2. The van der Waals surface area contributed by atoms with Crippen molar-refractivity contribution in [2.24, 2.45) is 0 Å². The molecule has 0 aromatic heterocycles. The fourth-order valence-corrected chi connectivity index (χ4v) is 3.14. The van der Waals surface area contributed by atoms with Crippen LogP contribution in [0.15, 0.2) is 42.5 Å². The summed E-state index contributed by atoms with van der Waals surface area (Å²) in [6.07, 6.45) is 0. The third-order valence-corrected chi connectivity index (χ3v) is 4.83. The van der Waals surface area contributed by atoms with Gasteiger partial charge in [-0.25, -0.2) is 0 Å². The summed E-state index contributed by atoms with van der Waals surface area (Å²) < 4.78 is 15.7. The minimum atomic E-state index is -0.744. The van der Waals surface area contributed by atoms with Gasteiger partial charge in [0.2, 0.25) is 0 Å². The molecular weight excluding hydrogens is 386 g/mol. The van der Waals surface area contributed by atoms with Gasteiger partial charge in [0.25, 0.3) is 0 Å². The van der Waals surface area contributed by atoms with E-state index in [0.717, 1.165) is 38.4 Å². The lowest BCUT2D eigenvalue weighted by molar-refractivity contribution is -0.136. The van der Waals surface area contributed by atoms with Crippen molar-refractivity contribution in [3.63, 3.8) is 0 Å². The Morgan fingerprint density at radius 3 is 2.27 bits per heavy atom. The van der Waals surface area contributed by atoms with E-state index in [1.165, 1.54) is 19.8 Å². The standard InChI is InChI=1S/C22H27N3O5/c1-28-19-8-7-18(13-20(19)29-2)24-22(27)21(26)23-14-16-3-5-17(6-4-16)15-25-9-11-30-12-10-25/h3-8,13H,9-12,14-15H2,1-2H3,(H,23,26)(H,24,27). The number of methoxy groups -OCH3 is 2. The lowest BCUT2D eigenvalue weighted by Gasteiger charge is -2.26. The van der Waals surface area contributed by atoms with Crippen LogP contribution in [0.5, 0.6) is 11.5 Å². The summed E-state index contributed by atoms with van der Waals surface area (Å²) in [5, 5.41) is 5.19. The summed E-state index contributed by atoms with van der Waals surface area (Å²) >= 11 is 0. The van der Waals surface area contributed by atoms with E-state index in [-0.39, 0.29) is 6.54 Å². The van der Waals surface area contributed by atoms with E-state index >= 15 is 0 Å². The first-order valence-corrected chi connectivity index (χ1v) is 9.78. The molecule has 0 spiro atoms. The smallest absolute Gasteiger partial charge is 0.313 e. The first-order chi connectivity index (χ1) is 14.6. The van der Waals surface area contributed by atoms with Gasteiger partial charge in [0.1, 0.15) is 0 Å². The lowest BCUT2D eigenvalue weighted by Crippen LogP contribution is -2.35. The lowest BCUT2D eigenvalue weighted by atomic mass is 10.1. The third-order valence-electron chi connectivity index (χ3n) is 4.83. The third kappa shape index (κ3) is 5.95. The predicted molar refractivity (Wildman–Crippen MR) is 113 cm³/mol. The minimum Gasteiger partial charge on any atom is -0.493 e. The normalized spacial score (nSPS) is 14.1. The van der Waals surface area contributed by atoms with Crippen molar-refractivity contribution in [2.75, 3.05) is 45.8 Å². The number of morpholine rings is 1. The molecule has 0 bridgehead atoms. The fraction of sp³-hybridized carbons (Fsp3) is 0.364. The fourth-order valence-electron chi connectivity index (χ4n) is 3.14. The Labute approximate surface area is 176 Å². The monoisotopic (exact) mass is 413 g/mol. The Morgan fingerprint density at radius 1 is 0.933 bits per heavy atom. The molecule has 3 rings (SSSR count). The Bertz CT molecular complexity index is 864. The van der Waals surface area contributed by atoms with Crippen LogP contribution in [-0.4, -0.2) is 57.2 Å². The Morgan fingerprint density at radius 2 is 1.60 bits per heavy atom. The molecule has 1 aliphatic rings. The number of carbonyl (C=O) groups excluding carboxylic acids is 2. The molecule has 0 radical (unpaired) electrons. The van der Waals surface area contributed by atoms with Crippen molar-refractivity contribution in [3.05, 3.63) is 53.6 Å². The second-order valence-corrected chi connectivity index (χ2v) is 6.91. The minimum absolute atomic E-state index is 0.274. The highest BCUT2D eigenvalue weighted by Crippen LogP contribution is 2.29. The van der Waals surface area contributed by atoms with E-state index in [9.17, 15) is 9.59 Å². The zero-order valence-corrected chi connectivity index (χ0v) is 17.3. The summed E-state index contributed by atoms with van der Waals surface area (Å²) in [4.78, 5) is 26.6. The Balaban J connectivity index is 1.48. The van der Waals surface area contributed by atoms with Crippen molar-refractivity contribution >= 4 is 17.5 Å². The van der Waals surface area contributed by atoms with Gasteiger partial charge in [-0.15, -0.1) is 0 Å². The molecule has 1 aliphatic heterocycles. The quantitative estimate of drug-likeness (QED) is 0.673. The van der Waals surface area contributed by atoms with Crippen LogP contribution in [-0.2, 0) is 27.4 Å². The molecule has 0 saturated carbocycles. The molecule has 2 aromatic rings. The number of nitrogens with zero attached hydrogens (tertiary/aromatic N) is 1. The van der Waals surface area contributed by atoms with Gasteiger partial charge in [-0.05, 0) is 23.3 Å². The van der Waals surface area contributed by atoms with Gasteiger partial charge < -0.3 is 24.8 Å². The first-order valence-electron chi connectivity index (χ1n) is 9.78. The maximum Gasteiger partial charge on any atom is 0.313 e. The van der Waals surface area contributed by atoms with E-state index in [4.69, 9.17) is 14.2 Å². The molecule has 1 heterocycles. The highest BCUT2D eigenvalue weighted by atomic mass is 16.5. The van der Waals surface area contributed by atoms with E-state index in [1.54, 1.807) is 18.2 Å². The molecule has 160 valence electrons. The number of rotatable bonds is 7. The van der Waals surface area contributed by atoms with Gasteiger partial charge in [-0.2, -0.15) is 0 Å². The number of carbonyl (C=O) groups is 2. The van der Waals surface area contributed by atoms with Crippen LogP contribution in [0, 0.1) is 0 Å². The topological polar surface area (TPSA) is 89.1 Å². The second-order valence-electron chi connectivity index (χ2n) is 6.91. The van der Waals surface area contributed by atoms with Crippen molar-refractivity contribution < 1.29 is 23.8 Å². The molecule has 2 N–H and O–H groups in total. The number of amides is 2. The predicted octanol–water partition coefficient (Wildman–Crippen LogP) is 1.79. The Hall–Kier alpha value is -3.10. The van der Waals surface area contributed by atoms with Crippen molar-refractivity contribution in [2.45, 2.75) is 13.1 Å². The second kappa shape index (κ2) is 10.6. The van der Waals surface area contributed by atoms with E-state index in [0.29, 0.717) is 17.2 Å². The number of nitrogens with one attached hydrogen (secondary N) is 2. The average molecular weight is 413 g/mol. The van der Waals surface area contributed by atoms with Crippen molar-refractivity contribution in [1.82, 2.24) is 10.2 Å². The number of hydrogen-bond acceptors (Lipinski definition) is 6. The molecule has 0 unspecified atom stereocenters. The zero-order chi connectivity index (χ0) is 21.3. The zero-order valence-electron chi connectivity index (χ0n) is 17.3. The summed E-state index contributed by atoms with van der Waals surface area (Å²) in [5.41, 5.74) is 2.58. The van der Waals surface area contributed by atoms with Crippen molar-refractivity contribution in [3.8, 4) is 11.5 Å². The highest BCUT2D eigenvalue weighted by Gasteiger charge is 2.15. The Kier molecular flexibility index (Phi) is 7.64. The van der Waals surface area contributed by atoms with Crippen LogP contribution in [0.4, 0.5) is 5.69 Å². The highest BCUT2D eigenvalue weighted by molar-refractivity contribution is 6.39. The first kappa shape index (κ1) is 21.6. The molecule has 1 fully saturated rings. The number of anilines is 1.